The summed E-state index contributed by atoms with van der Waals surface area (Å²) >= 11 is 0. The summed E-state index contributed by atoms with van der Waals surface area (Å²) in [5, 5.41) is 17.2. The van der Waals surface area contributed by atoms with E-state index in [1.165, 1.54) is 0 Å². The molecule has 7 nitrogen and oxygen atoms in total. The largest absolute Gasteiger partial charge is 0.339 e. The van der Waals surface area contributed by atoms with Gasteiger partial charge in [-0.1, -0.05) is 19.0 Å². The van der Waals surface area contributed by atoms with E-state index >= 15 is 0 Å². The van der Waals surface area contributed by atoms with Crippen molar-refractivity contribution in [2.45, 2.75) is 45.2 Å². The van der Waals surface area contributed by atoms with Gasteiger partial charge < -0.3 is 4.52 Å². The molecular formula is C15H20N6O. The molecule has 1 saturated heterocycles. The van der Waals surface area contributed by atoms with Crippen molar-refractivity contribution in [3.05, 3.63) is 29.7 Å². The maximum absolute atomic E-state index is 8.83. The fourth-order valence-electron chi connectivity index (χ4n) is 2.78. The summed E-state index contributed by atoms with van der Waals surface area (Å²) in [4.78, 5) is 6.89. The van der Waals surface area contributed by atoms with Crippen molar-refractivity contribution in [3.8, 4) is 6.07 Å². The number of nitrogens with zero attached hydrogens (tertiary/aromatic N) is 6. The number of likely N-dealkylation sites (tertiary alicyclic amines) is 1. The van der Waals surface area contributed by atoms with Gasteiger partial charge in [-0.25, -0.2) is 0 Å². The number of hydrogen-bond acceptors (Lipinski definition) is 6. The first-order valence-electron chi connectivity index (χ1n) is 7.67. The van der Waals surface area contributed by atoms with E-state index < -0.39 is 0 Å². The van der Waals surface area contributed by atoms with Crippen LogP contribution in [0.2, 0.25) is 0 Å². The third-order valence-electron chi connectivity index (χ3n) is 3.99. The molecule has 0 aliphatic carbocycles. The SMILES string of the molecule is CC(C)c1nc([C@@H]2CCCN2CCn2cc(C#N)cn2)no1. The van der Waals surface area contributed by atoms with E-state index in [-0.39, 0.29) is 12.0 Å². The highest BCUT2D eigenvalue weighted by atomic mass is 16.5. The highest BCUT2D eigenvalue weighted by Crippen LogP contribution is 2.30. The normalized spacial score (nSPS) is 18.9. The van der Waals surface area contributed by atoms with Gasteiger partial charge in [0.25, 0.3) is 0 Å². The van der Waals surface area contributed by atoms with E-state index in [2.05, 4.69) is 26.2 Å². The summed E-state index contributed by atoms with van der Waals surface area (Å²) in [6.07, 6.45) is 5.56. The standard InChI is InChI=1S/C15H20N6O/c1-11(2)15-18-14(19-22-15)13-4-3-5-20(13)6-7-21-10-12(8-16)9-17-21/h9-11,13H,3-7H2,1-2H3/t13-/m0/s1. The van der Waals surface area contributed by atoms with Crippen LogP contribution in [0.5, 0.6) is 0 Å². The minimum atomic E-state index is 0.224. The lowest BCUT2D eigenvalue weighted by Crippen LogP contribution is -2.28. The number of nitriles is 1. The van der Waals surface area contributed by atoms with Crippen molar-refractivity contribution >= 4 is 0 Å². The molecule has 0 saturated carbocycles. The second-order valence-corrected chi connectivity index (χ2v) is 5.94. The molecule has 1 atom stereocenters. The Labute approximate surface area is 129 Å². The first-order valence-corrected chi connectivity index (χ1v) is 7.67. The van der Waals surface area contributed by atoms with Crippen molar-refractivity contribution in [3.63, 3.8) is 0 Å². The highest BCUT2D eigenvalue weighted by Gasteiger charge is 2.30. The van der Waals surface area contributed by atoms with Crippen LogP contribution < -0.4 is 0 Å². The Hall–Kier alpha value is -2.20. The van der Waals surface area contributed by atoms with E-state index in [0.717, 1.165) is 38.3 Å². The Morgan fingerprint density at radius 1 is 1.45 bits per heavy atom. The van der Waals surface area contributed by atoms with E-state index in [1.54, 1.807) is 12.4 Å². The van der Waals surface area contributed by atoms with Gasteiger partial charge in [0, 0.05) is 18.7 Å². The van der Waals surface area contributed by atoms with Gasteiger partial charge in [-0.05, 0) is 19.4 Å². The molecule has 1 aliphatic heterocycles. The van der Waals surface area contributed by atoms with Crippen LogP contribution >= 0.6 is 0 Å². The van der Waals surface area contributed by atoms with Crippen molar-refractivity contribution in [2.75, 3.05) is 13.1 Å². The van der Waals surface area contributed by atoms with E-state index in [9.17, 15) is 0 Å². The van der Waals surface area contributed by atoms with Crippen LogP contribution in [-0.2, 0) is 6.54 Å². The van der Waals surface area contributed by atoms with E-state index in [4.69, 9.17) is 9.78 Å². The van der Waals surface area contributed by atoms with Crippen LogP contribution in [0.3, 0.4) is 0 Å². The molecule has 0 bridgehead atoms. The molecule has 2 aromatic rings. The second kappa shape index (κ2) is 6.28. The Morgan fingerprint density at radius 2 is 2.32 bits per heavy atom. The average molecular weight is 300 g/mol. The molecule has 0 aromatic carbocycles. The van der Waals surface area contributed by atoms with Crippen molar-refractivity contribution in [2.24, 2.45) is 0 Å². The Balaban J connectivity index is 1.64. The van der Waals surface area contributed by atoms with Crippen molar-refractivity contribution < 1.29 is 4.52 Å². The summed E-state index contributed by atoms with van der Waals surface area (Å²) in [6.45, 7) is 6.75. The molecule has 0 spiro atoms. The molecule has 0 N–H and O–H groups in total. The third-order valence-corrected chi connectivity index (χ3v) is 3.99. The molecule has 3 heterocycles. The molecule has 0 amide bonds. The lowest BCUT2D eigenvalue weighted by Gasteiger charge is -2.21. The first-order chi connectivity index (χ1) is 10.7. The zero-order valence-electron chi connectivity index (χ0n) is 12.9. The zero-order chi connectivity index (χ0) is 15.5. The number of aromatic nitrogens is 4. The molecular weight excluding hydrogens is 280 g/mol. The lowest BCUT2D eigenvalue weighted by molar-refractivity contribution is 0.230. The molecule has 116 valence electrons. The molecule has 22 heavy (non-hydrogen) atoms. The van der Waals surface area contributed by atoms with Crippen LogP contribution in [-0.4, -0.2) is 37.9 Å². The van der Waals surface area contributed by atoms with Gasteiger partial charge in [0.2, 0.25) is 5.89 Å². The van der Waals surface area contributed by atoms with E-state index in [0.29, 0.717) is 11.5 Å². The van der Waals surface area contributed by atoms with Gasteiger partial charge in [-0.3, -0.25) is 9.58 Å². The third kappa shape index (κ3) is 3.02. The fourth-order valence-corrected chi connectivity index (χ4v) is 2.78. The van der Waals surface area contributed by atoms with Gasteiger partial charge >= 0.3 is 0 Å². The molecule has 2 aromatic heterocycles. The Morgan fingerprint density at radius 3 is 3.00 bits per heavy atom. The molecule has 3 rings (SSSR count). The van der Waals surface area contributed by atoms with E-state index in [1.807, 2.05) is 18.5 Å². The summed E-state index contributed by atoms with van der Waals surface area (Å²) in [5.41, 5.74) is 0.595. The molecule has 0 unspecified atom stereocenters. The molecule has 1 aliphatic rings. The monoisotopic (exact) mass is 300 g/mol. The maximum atomic E-state index is 8.83. The van der Waals surface area contributed by atoms with Crippen molar-refractivity contribution in [1.82, 2.24) is 24.8 Å². The summed E-state index contributed by atoms with van der Waals surface area (Å²) < 4.78 is 7.14. The summed E-state index contributed by atoms with van der Waals surface area (Å²) in [6, 6.07) is 2.32. The van der Waals surface area contributed by atoms with Gasteiger partial charge in [0.1, 0.15) is 6.07 Å². The minimum absolute atomic E-state index is 0.224. The zero-order valence-corrected chi connectivity index (χ0v) is 12.9. The number of rotatable bonds is 5. The fraction of sp³-hybridized carbons (Fsp3) is 0.600. The second-order valence-electron chi connectivity index (χ2n) is 5.94. The van der Waals surface area contributed by atoms with Crippen LogP contribution in [0.1, 0.15) is 55.9 Å². The number of hydrogen-bond donors (Lipinski definition) is 0. The molecule has 7 heteroatoms. The topological polar surface area (TPSA) is 83.8 Å². The molecule has 1 fully saturated rings. The predicted molar refractivity (Wildman–Crippen MR) is 78.9 cm³/mol. The van der Waals surface area contributed by atoms with Crippen LogP contribution in [0.25, 0.3) is 0 Å². The first kappa shape index (κ1) is 14.7. The minimum Gasteiger partial charge on any atom is -0.339 e. The smallest absolute Gasteiger partial charge is 0.229 e. The van der Waals surface area contributed by atoms with Gasteiger partial charge in [-0.15, -0.1) is 0 Å². The maximum Gasteiger partial charge on any atom is 0.229 e. The van der Waals surface area contributed by atoms with Crippen LogP contribution in [0, 0.1) is 11.3 Å². The van der Waals surface area contributed by atoms with Gasteiger partial charge in [0.15, 0.2) is 5.82 Å². The van der Waals surface area contributed by atoms with Gasteiger partial charge in [-0.2, -0.15) is 15.3 Å². The lowest BCUT2D eigenvalue weighted by atomic mass is 10.2. The summed E-state index contributed by atoms with van der Waals surface area (Å²) in [5.74, 6) is 1.75. The Kier molecular flexibility index (Phi) is 4.20. The van der Waals surface area contributed by atoms with Crippen LogP contribution in [0.4, 0.5) is 0 Å². The molecule has 0 radical (unpaired) electrons. The average Bonchev–Trinajstić information content (AvgIpc) is 3.23. The Bertz CT molecular complexity index is 668. The van der Waals surface area contributed by atoms with Gasteiger partial charge in [0.05, 0.1) is 24.3 Å². The quantitative estimate of drug-likeness (QED) is 0.840. The highest BCUT2D eigenvalue weighted by molar-refractivity contribution is 5.21. The predicted octanol–water partition coefficient (Wildman–Crippen LogP) is 2.10. The van der Waals surface area contributed by atoms with Crippen LogP contribution in [0.15, 0.2) is 16.9 Å². The van der Waals surface area contributed by atoms with Crippen molar-refractivity contribution in [1.29, 1.82) is 5.26 Å². The summed E-state index contributed by atoms with van der Waals surface area (Å²) in [7, 11) is 0.